The molecule has 7 rings (SSSR count). The number of aromatic nitrogens is 6. The van der Waals surface area contributed by atoms with Crippen molar-refractivity contribution >= 4 is 27.9 Å². The third kappa shape index (κ3) is 4.73. The van der Waals surface area contributed by atoms with Gasteiger partial charge < -0.3 is 15.5 Å². The van der Waals surface area contributed by atoms with Gasteiger partial charge in [-0.1, -0.05) is 6.07 Å². The number of imidazole rings is 1. The molecule has 0 amide bonds. The van der Waals surface area contributed by atoms with Crippen molar-refractivity contribution in [2.24, 2.45) is 5.73 Å². The summed E-state index contributed by atoms with van der Waals surface area (Å²) in [5, 5.41) is 10.5. The number of H-pyrrole nitrogens is 2. The van der Waals surface area contributed by atoms with Crippen molar-refractivity contribution in [3.63, 3.8) is 0 Å². The second-order valence-electron chi connectivity index (χ2n) is 9.89. The van der Waals surface area contributed by atoms with E-state index in [1.165, 1.54) is 12.8 Å². The Morgan fingerprint density at radius 1 is 1.08 bits per heavy atom. The normalized spacial score (nSPS) is 15.7. The molecule has 1 fully saturated rings. The van der Waals surface area contributed by atoms with Crippen LogP contribution in [0.3, 0.4) is 0 Å². The van der Waals surface area contributed by atoms with E-state index in [1.54, 1.807) is 17.5 Å². The fraction of sp³-hybridized carbons (Fsp3) is 0.241. The fourth-order valence-corrected chi connectivity index (χ4v) is 5.99. The number of thiophene rings is 1. The molecule has 1 aliphatic carbocycles. The van der Waals surface area contributed by atoms with E-state index in [0.29, 0.717) is 24.5 Å². The molecule has 0 unspecified atom stereocenters. The van der Waals surface area contributed by atoms with Crippen LogP contribution >= 0.6 is 11.3 Å². The van der Waals surface area contributed by atoms with Crippen LogP contribution in [-0.2, 0) is 6.42 Å². The molecule has 2 aliphatic rings. The Morgan fingerprint density at radius 2 is 1.97 bits per heavy atom. The number of likely N-dealkylation sites (tertiary alicyclic amines) is 1. The number of nitrogens with one attached hydrogen (secondary N) is 2. The third-order valence-electron chi connectivity index (χ3n) is 7.23. The van der Waals surface area contributed by atoms with E-state index in [9.17, 15) is 0 Å². The van der Waals surface area contributed by atoms with Crippen LogP contribution in [0, 0.1) is 0 Å². The monoisotopic (exact) mass is 536 g/mol. The quantitative estimate of drug-likeness (QED) is 0.274. The van der Waals surface area contributed by atoms with Gasteiger partial charge in [-0.3, -0.25) is 15.0 Å². The zero-order chi connectivity index (χ0) is 26.2. The number of fused-ring (bicyclic) bond motifs is 2. The summed E-state index contributed by atoms with van der Waals surface area (Å²) in [6.07, 6.45) is 12.6. The molecule has 1 saturated heterocycles. The standard InChI is InChI=1S/C29H28N8OS/c30-20-5-6-22(25-4-3-11-39-25)26-24(14-20)33-29(34-26)27-23-13-19(16-32-28(23)36-35-27)18-12-21(17-31-15-18)38-10-9-37-7-1-2-8-37/h3-6,11-13,15-17H,1-2,7-10,14,30H2,(H,33,34)(H,32,35,36). The number of ether oxygens (including phenoxy) is 1. The molecule has 6 heterocycles. The molecule has 0 aromatic carbocycles. The molecular weight excluding hydrogens is 508 g/mol. The van der Waals surface area contributed by atoms with Crippen LogP contribution in [0.15, 0.2) is 66.1 Å². The number of pyridine rings is 2. The highest BCUT2D eigenvalue weighted by atomic mass is 32.1. The maximum Gasteiger partial charge on any atom is 0.181 e. The molecule has 196 valence electrons. The van der Waals surface area contributed by atoms with Gasteiger partial charge in [0.15, 0.2) is 11.5 Å². The van der Waals surface area contributed by atoms with E-state index in [-0.39, 0.29) is 0 Å². The van der Waals surface area contributed by atoms with Gasteiger partial charge in [0, 0.05) is 58.3 Å². The van der Waals surface area contributed by atoms with Crippen LogP contribution in [0.25, 0.3) is 39.3 Å². The Kier molecular flexibility index (Phi) is 6.18. The Bertz CT molecular complexity index is 1690. The SMILES string of the molecule is NC1=CC=C(c2cccs2)c2nc(-c3[nH]nc4ncc(-c5cncc(OCCN6CCCC6)c5)cc34)[nH]c2C1. The van der Waals surface area contributed by atoms with Crippen LogP contribution in [-0.4, -0.2) is 61.3 Å². The first-order valence-corrected chi connectivity index (χ1v) is 14.0. The molecule has 10 heteroatoms. The zero-order valence-corrected chi connectivity index (χ0v) is 22.2. The minimum absolute atomic E-state index is 0.597. The second-order valence-corrected chi connectivity index (χ2v) is 10.8. The van der Waals surface area contributed by atoms with E-state index in [4.69, 9.17) is 15.5 Å². The van der Waals surface area contributed by atoms with Crippen LogP contribution in [0.4, 0.5) is 0 Å². The molecule has 39 heavy (non-hydrogen) atoms. The van der Waals surface area contributed by atoms with Crippen molar-refractivity contribution in [1.82, 2.24) is 35.0 Å². The molecule has 0 spiro atoms. The predicted molar refractivity (Wildman–Crippen MR) is 153 cm³/mol. The van der Waals surface area contributed by atoms with Crippen molar-refractivity contribution in [2.75, 3.05) is 26.2 Å². The number of nitrogens with two attached hydrogens (primary N) is 1. The molecule has 5 aromatic heterocycles. The summed E-state index contributed by atoms with van der Waals surface area (Å²) >= 11 is 1.68. The van der Waals surface area contributed by atoms with Gasteiger partial charge in [-0.05, 0) is 61.7 Å². The average Bonchev–Trinajstić information content (AvgIpc) is 3.76. The highest BCUT2D eigenvalue weighted by Crippen LogP contribution is 2.35. The lowest BCUT2D eigenvalue weighted by molar-refractivity contribution is 0.237. The van der Waals surface area contributed by atoms with Crippen molar-refractivity contribution in [1.29, 1.82) is 0 Å². The first-order valence-electron chi connectivity index (χ1n) is 13.2. The van der Waals surface area contributed by atoms with Gasteiger partial charge in [0.05, 0.1) is 17.3 Å². The lowest BCUT2D eigenvalue weighted by Crippen LogP contribution is -2.25. The summed E-state index contributed by atoms with van der Waals surface area (Å²) < 4.78 is 6.02. The lowest BCUT2D eigenvalue weighted by atomic mass is 10.1. The van der Waals surface area contributed by atoms with Gasteiger partial charge >= 0.3 is 0 Å². The minimum Gasteiger partial charge on any atom is -0.491 e. The molecule has 0 atom stereocenters. The summed E-state index contributed by atoms with van der Waals surface area (Å²) in [6.45, 7) is 3.91. The Morgan fingerprint density at radius 3 is 2.85 bits per heavy atom. The van der Waals surface area contributed by atoms with Crippen molar-refractivity contribution in [3.05, 3.63) is 82.4 Å². The zero-order valence-electron chi connectivity index (χ0n) is 21.4. The van der Waals surface area contributed by atoms with Crippen molar-refractivity contribution in [2.45, 2.75) is 19.3 Å². The number of allylic oxidation sites excluding steroid dienone is 3. The van der Waals surface area contributed by atoms with E-state index in [0.717, 1.165) is 75.1 Å². The molecule has 5 aromatic rings. The van der Waals surface area contributed by atoms with E-state index in [2.05, 4.69) is 53.6 Å². The number of hydrogen-bond donors (Lipinski definition) is 3. The molecule has 0 saturated carbocycles. The van der Waals surface area contributed by atoms with Gasteiger partial charge in [-0.25, -0.2) is 9.97 Å². The smallest absolute Gasteiger partial charge is 0.181 e. The van der Waals surface area contributed by atoms with E-state index in [1.807, 2.05) is 30.6 Å². The summed E-state index contributed by atoms with van der Waals surface area (Å²) in [5.74, 6) is 1.46. The summed E-state index contributed by atoms with van der Waals surface area (Å²) in [7, 11) is 0. The Labute approximate surface area is 229 Å². The fourth-order valence-electron chi connectivity index (χ4n) is 5.23. The van der Waals surface area contributed by atoms with Gasteiger partial charge in [0.1, 0.15) is 18.1 Å². The first-order chi connectivity index (χ1) is 19.2. The molecule has 1 aliphatic heterocycles. The summed E-state index contributed by atoms with van der Waals surface area (Å²) in [6, 6.07) is 8.24. The lowest BCUT2D eigenvalue weighted by Gasteiger charge is -2.15. The molecule has 0 bridgehead atoms. The Hall–Kier alpha value is -4.28. The minimum atomic E-state index is 0.597. The third-order valence-corrected chi connectivity index (χ3v) is 8.14. The topological polar surface area (TPSA) is 122 Å². The van der Waals surface area contributed by atoms with Gasteiger partial charge in [-0.2, -0.15) is 5.10 Å². The number of hydrogen-bond acceptors (Lipinski definition) is 8. The van der Waals surface area contributed by atoms with E-state index >= 15 is 0 Å². The summed E-state index contributed by atoms with van der Waals surface area (Å²) in [4.78, 5) is 21.1. The molecule has 4 N–H and O–H groups in total. The second kappa shape index (κ2) is 10.1. The van der Waals surface area contributed by atoms with Crippen LogP contribution in [0.1, 0.15) is 29.1 Å². The molecular formula is C29H28N8OS. The molecule has 9 nitrogen and oxygen atoms in total. The largest absolute Gasteiger partial charge is 0.491 e. The first kappa shape index (κ1) is 23.8. The average molecular weight is 537 g/mol. The van der Waals surface area contributed by atoms with Gasteiger partial charge in [0.2, 0.25) is 0 Å². The number of nitrogens with zero attached hydrogens (tertiary/aromatic N) is 5. The van der Waals surface area contributed by atoms with Crippen LogP contribution in [0.5, 0.6) is 5.75 Å². The Balaban J connectivity index is 1.19. The molecule has 0 radical (unpaired) electrons. The van der Waals surface area contributed by atoms with Crippen molar-refractivity contribution in [3.8, 4) is 28.4 Å². The van der Waals surface area contributed by atoms with E-state index < -0.39 is 0 Å². The highest BCUT2D eigenvalue weighted by Gasteiger charge is 2.22. The highest BCUT2D eigenvalue weighted by molar-refractivity contribution is 7.11. The maximum atomic E-state index is 6.27. The maximum absolute atomic E-state index is 6.27. The van der Waals surface area contributed by atoms with Crippen LogP contribution < -0.4 is 10.5 Å². The summed E-state index contributed by atoms with van der Waals surface area (Å²) in [5.41, 5.74) is 13.3. The van der Waals surface area contributed by atoms with Crippen molar-refractivity contribution < 1.29 is 4.74 Å². The number of rotatable bonds is 7. The van der Waals surface area contributed by atoms with Gasteiger partial charge in [0.25, 0.3) is 0 Å². The van der Waals surface area contributed by atoms with Gasteiger partial charge in [-0.15, -0.1) is 11.3 Å². The van der Waals surface area contributed by atoms with Crippen LogP contribution in [0.2, 0.25) is 0 Å². The predicted octanol–water partition coefficient (Wildman–Crippen LogP) is 4.78. The number of aromatic amines is 2.